The number of primary sulfonamides is 1. The summed E-state index contributed by atoms with van der Waals surface area (Å²) in [4.78, 5) is 11.7. The van der Waals surface area contributed by atoms with E-state index in [2.05, 4.69) is 0 Å². The van der Waals surface area contributed by atoms with Gasteiger partial charge in [0.1, 0.15) is 6.10 Å². The molecule has 0 heterocycles. The Hall–Kier alpha value is -1.44. The Morgan fingerprint density at radius 1 is 1.29 bits per heavy atom. The van der Waals surface area contributed by atoms with Crippen molar-refractivity contribution in [3.63, 3.8) is 0 Å². The second-order valence-electron chi connectivity index (χ2n) is 4.65. The molecule has 0 amide bonds. The molecule has 0 aliphatic rings. The van der Waals surface area contributed by atoms with Crippen LogP contribution in [0.2, 0.25) is 0 Å². The smallest absolute Gasteiger partial charge is 0.306 e. The monoisotopic (exact) mass is 315 g/mol. The predicted octanol–water partition coefficient (Wildman–Crippen LogP) is 1.23. The van der Waals surface area contributed by atoms with Gasteiger partial charge >= 0.3 is 5.97 Å². The Labute approximate surface area is 125 Å². The lowest BCUT2D eigenvalue weighted by Crippen LogP contribution is -2.20. The number of benzene rings is 1. The fourth-order valence-corrected chi connectivity index (χ4v) is 2.21. The summed E-state index contributed by atoms with van der Waals surface area (Å²) in [5, 5.41) is 5.01. The fraction of sp³-hybridized carbons (Fsp3) is 0.500. The van der Waals surface area contributed by atoms with Crippen LogP contribution in [-0.2, 0) is 30.7 Å². The van der Waals surface area contributed by atoms with Crippen molar-refractivity contribution in [2.24, 2.45) is 5.14 Å². The van der Waals surface area contributed by atoms with Gasteiger partial charge in [-0.15, -0.1) is 0 Å². The van der Waals surface area contributed by atoms with Gasteiger partial charge in [-0.05, 0) is 38.0 Å². The SMILES string of the molecule is CCOCC(C)OC(=O)CCc1ccc(S(N)(=O)=O)cc1. The zero-order valence-electron chi connectivity index (χ0n) is 12.2. The molecule has 21 heavy (non-hydrogen) atoms. The zero-order valence-corrected chi connectivity index (χ0v) is 13.1. The molecule has 7 heteroatoms. The van der Waals surface area contributed by atoms with Crippen molar-refractivity contribution in [1.29, 1.82) is 0 Å². The van der Waals surface area contributed by atoms with E-state index in [1.54, 1.807) is 19.1 Å². The summed E-state index contributed by atoms with van der Waals surface area (Å²) in [6.45, 7) is 4.61. The van der Waals surface area contributed by atoms with Crippen molar-refractivity contribution < 1.29 is 22.7 Å². The van der Waals surface area contributed by atoms with Gasteiger partial charge < -0.3 is 9.47 Å². The first-order valence-electron chi connectivity index (χ1n) is 6.72. The summed E-state index contributed by atoms with van der Waals surface area (Å²) >= 11 is 0. The molecule has 6 nitrogen and oxygen atoms in total. The van der Waals surface area contributed by atoms with Gasteiger partial charge in [0.2, 0.25) is 10.0 Å². The Morgan fingerprint density at radius 3 is 2.43 bits per heavy atom. The predicted molar refractivity (Wildman–Crippen MR) is 78.2 cm³/mol. The first kappa shape index (κ1) is 17.6. The lowest BCUT2D eigenvalue weighted by molar-refractivity contribution is -0.150. The Kier molecular flexibility index (Phi) is 6.80. The van der Waals surface area contributed by atoms with Crippen LogP contribution in [0.15, 0.2) is 29.2 Å². The average molecular weight is 315 g/mol. The molecule has 1 unspecified atom stereocenters. The Balaban J connectivity index is 2.43. The molecule has 0 spiro atoms. The summed E-state index contributed by atoms with van der Waals surface area (Å²) in [5.41, 5.74) is 0.844. The highest BCUT2D eigenvalue weighted by Gasteiger charge is 2.11. The number of hydrogen-bond donors (Lipinski definition) is 1. The van der Waals surface area contributed by atoms with E-state index in [1.165, 1.54) is 12.1 Å². The van der Waals surface area contributed by atoms with Crippen molar-refractivity contribution in [2.45, 2.75) is 37.7 Å². The third-order valence-corrected chi connectivity index (χ3v) is 3.69. The van der Waals surface area contributed by atoms with Crippen LogP contribution < -0.4 is 5.14 Å². The second kappa shape index (κ2) is 8.11. The number of rotatable bonds is 8. The molecule has 0 aliphatic carbocycles. The highest BCUT2D eigenvalue weighted by atomic mass is 32.2. The number of carbonyl (C=O) groups is 1. The Bertz CT molecular complexity index is 553. The first-order valence-corrected chi connectivity index (χ1v) is 8.26. The van der Waals surface area contributed by atoms with Crippen LogP contribution in [0.1, 0.15) is 25.8 Å². The first-order chi connectivity index (χ1) is 9.82. The quantitative estimate of drug-likeness (QED) is 0.728. The van der Waals surface area contributed by atoms with E-state index >= 15 is 0 Å². The van der Waals surface area contributed by atoms with Gasteiger partial charge in [-0.2, -0.15) is 0 Å². The van der Waals surface area contributed by atoms with Crippen LogP contribution in [0.3, 0.4) is 0 Å². The van der Waals surface area contributed by atoms with Gasteiger partial charge in [-0.25, -0.2) is 13.6 Å². The third kappa shape index (κ3) is 6.70. The normalized spacial score (nSPS) is 12.9. The van der Waals surface area contributed by atoms with Gasteiger partial charge in [-0.1, -0.05) is 12.1 Å². The molecule has 1 rings (SSSR count). The zero-order chi connectivity index (χ0) is 15.9. The van der Waals surface area contributed by atoms with Crippen LogP contribution in [0.5, 0.6) is 0 Å². The number of aryl methyl sites for hydroxylation is 1. The van der Waals surface area contributed by atoms with E-state index in [-0.39, 0.29) is 23.4 Å². The van der Waals surface area contributed by atoms with Crippen molar-refractivity contribution in [3.8, 4) is 0 Å². The maximum absolute atomic E-state index is 11.6. The van der Waals surface area contributed by atoms with E-state index in [1.807, 2.05) is 6.92 Å². The molecular formula is C14H21NO5S. The minimum absolute atomic E-state index is 0.0548. The van der Waals surface area contributed by atoms with E-state index < -0.39 is 10.0 Å². The molecule has 0 saturated heterocycles. The molecule has 118 valence electrons. The van der Waals surface area contributed by atoms with Gasteiger partial charge in [0, 0.05) is 13.0 Å². The number of esters is 1. The van der Waals surface area contributed by atoms with E-state index in [9.17, 15) is 13.2 Å². The third-order valence-electron chi connectivity index (χ3n) is 2.76. The largest absolute Gasteiger partial charge is 0.460 e. The Morgan fingerprint density at radius 2 is 1.90 bits per heavy atom. The molecule has 1 aromatic rings. The summed E-state index contributed by atoms with van der Waals surface area (Å²) in [5.74, 6) is -0.308. The summed E-state index contributed by atoms with van der Waals surface area (Å²) < 4.78 is 32.5. The lowest BCUT2D eigenvalue weighted by Gasteiger charge is -2.12. The molecule has 0 saturated carbocycles. The van der Waals surface area contributed by atoms with E-state index in [0.29, 0.717) is 19.6 Å². The van der Waals surface area contributed by atoms with Crippen LogP contribution >= 0.6 is 0 Å². The lowest BCUT2D eigenvalue weighted by atomic mass is 10.1. The number of nitrogens with two attached hydrogens (primary N) is 1. The van der Waals surface area contributed by atoms with E-state index in [0.717, 1.165) is 5.56 Å². The van der Waals surface area contributed by atoms with E-state index in [4.69, 9.17) is 14.6 Å². The van der Waals surface area contributed by atoms with Crippen LogP contribution in [0.25, 0.3) is 0 Å². The molecule has 0 radical (unpaired) electrons. The van der Waals surface area contributed by atoms with Gasteiger partial charge in [0.05, 0.1) is 11.5 Å². The minimum Gasteiger partial charge on any atom is -0.460 e. The molecule has 0 fully saturated rings. The van der Waals surface area contributed by atoms with Gasteiger partial charge in [-0.3, -0.25) is 4.79 Å². The molecule has 0 bridgehead atoms. The van der Waals surface area contributed by atoms with Crippen molar-refractivity contribution in [2.75, 3.05) is 13.2 Å². The molecule has 1 aromatic carbocycles. The van der Waals surface area contributed by atoms with Gasteiger partial charge in [0.25, 0.3) is 0 Å². The van der Waals surface area contributed by atoms with Crippen LogP contribution in [0.4, 0.5) is 0 Å². The van der Waals surface area contributed by atoms with Crippen LogP contribution in [-0.4, -0.2) is 33.7 Å². The number of ether oxygens (including phenoxy) is 2. The highest BCUT2D eigenvalue weighted by molar-refractivity contribution is 7.89. The number of carbonyl (C=O) groups excluding carboxylic acids is 1. The van der Waals surface area contributed by atoms with Crippen molar-refractivity contribution in [1.82, 2.24) is 0 Å². The minimum atomic E-state index is -3.68. The molecular weight excluding hydrogens is 294 g/mol. The summed E-state index contributed by atoms with van der Waals surface area (Å²) in [6, 6.07) is 6.12. The fourth-order valence-electron chi connectivity index (χ4n) is 1.69. The average Bonchev–Trinajstić information content (AvgIpc) is 2.42. The second-order valence-corrected chi connectivity index (χ2v) is 6.21. The standard InChI is InChI=1S/C14H21NO5S/c1-3-19-10-11(2)20-14(16)9-6-12-4-7-13(8-5-12)21(15,17)18/h4-5,7-8,11H,3,6,9-10H2,1-2H3,(H2,15,17,18). The molecule has 0 aromatic heterocycles. The number of sulfonamides is 1. The summed E-state index contributed by atoms with van der Waals surface area (Å²) in [6.07, 6.45) is 0.429. The molecule has 1 atom stereocenters. The number of hydrogen-bond acceptors (Lipinski definition) is 5. The maximum Gasteiger partial charge on any atom is 0.306 e. The van der Waals surface area contributed by atoms with Crippen molar-refractivity contribution in [3.05, 3.63) is 29.8 Å². The van der Waals surface area contributed by atoms with Crippen LogP contribution in [0, 0.1) is 0 Å². The maximum atomic E-state index is 11.6. The molecule has 2 N–H and O–H groups in total. The van der Waals surface area contributed by atoms with Crippen molar-refractivity contribution >= 4 is 16.0 Å². The highest BCUT2D eigenvalue weighted by Crippen LogP contribution is 2.11. The summed E-state index contributed by atoms with van der Waals surface area (Å²) in [7, 11) is -3.68. The molecule has 0 aliphatic heterocycles. The topological polar surface area (TPSA) is 95.7 Å². The van der Waals surface area contributed by atoms with Gasteiger partial charge in [0.15, 0.2) is 0 Å².